The molecule has 3 nitrogen and oxygen atoms in total. The minimum Gasteiger partial charge on any atom is -0.337 e. The fourth-order valence-electron chi connectivity index (χ4n) is 4.37. The molecule has 2 fully saturated rings. The van der Waals surface area contributed by atoms with Crippen LogP contribution in [0.25, 0.3) is 0 Å². The SMILES string of the molecule is Cc1ccc(CN2CC[C@@H](N3CCC(c4cc[c]cc4)C(F)C3)C2=O)cc1. The molecule has 4 heteroatoms. The Labute approximate surface area is 160 Å². The van der Waals surface area contributed by atoms with Gasteiger partial charge in [-0.25, -0.2) is 4.39 Å². The van der Waals surface area contributed by atoms with Crippen LogP contribution in [0, 0.1) is 13.0 Å². The van der Waals surface area contributed by atoms with Gasteiger partial charge in [-0.2, -0.15) is 0 Å². The highest BCUT2D eigenvalue weighted by atomic mass is 19.1. The summed E-state index contributed by atoms with van der Waals surface area (Å²) >= 11 is 0. The summed E-state index contributed by atoms with van der Waals surface area (Å²) in [4.78, 5) is 16.9. The van der Waals surface area contributed by atoms with Gasteiger partial charge in [-0.05, 0) is 43.5 Å². The van der Waals surface area contributed by atoms with Crippen molar-refractivity contribution in [2.24, 2.45) is 0 Å². The number of carbonyl (C=O) groups is 1. The van der Waals surface area contributed by atoms with Gasteiger partial charge in [-0.3, -0.25) is 9.69 Å². The highest BCUT2D eigenvalue weighted by Crippen LogP contribution is 2.33. The van der Waals surface area contributed by atoms with Crippen LogP contribution in [0.4, 0.5) is 4.39 Å². The van der Waals surface area contributed by atoms with Gasteiger partial charge in [0.15, 0.2) is 0 Å². The average Bonchev–Trinajstić information content (AvgIpc) is 3.04. The first-order valence-electron chi connectivity index (χ1n) is 9.80. The second-order valence-corrected chi connectivity index (χ2v) is 7.79. The van der Waals surface area contributed by atoms with Gasteiger partial charge in [0.2, 0.25) is 5.91 Å². The van der Waals surface area contributed by atoms with Gasteiger partial charge in [0, 0.05) is 25.6 Å². The first-order valence-corrected chi connectivity index (χ1v) is 9.80. The fourth-order valence-corrected chi connectivity index (χ4v) is 4.37. The number of hydrogen-bond acceptors (Lipinski definition) is 2. The summed E-state index contributed by atoms with van der Waals surface area (Å²) in [5.74, 6) is 0.0755. The van der Waals surface area contributed by atoms with Crippen LogP contribution in [0.5, 0.6) is 0 Å². The lowest BCUT2D eigenvalue weighted by Gasteiger charge is -2.37. The molecular weight excluding hydrogens is 339 g/mol. The molecule has 0 saturated carbocycles. The number of amides is 1. The lowest BCUT2D eigenvalue weighted by atomic mass is 9.87. The maximum absolute atomic E-state index is 14.9. The van der Waals surface area contributed by atoms with Gasteiger partial charge in [0.05, 0.1) is 6.04 Å². The zero-order valence-corrected chi connectivity index (χ0v) is 15.8. The molecule has 2 heterocycles. The van der Waals surface area contributed by atoms with Gasteiger partial charge in [-0.15, -0.1) is 0 Å². The molecule has 2 aromatic carbocycles. The number of aryl methyl sites for hydroxylation is 1. The molecule has 0 aliphatic carbocycles. The first kappa shape index (κ1) is 18.2. The smallest absolute Gasteiger partial charge is 0.240 e. The molecule has 1 amide bonds. The molecule has 2 saturated heterocycles. The molecule has 0 N–H and O–H groups in total. The summed E-state index contributed by atoms with van der Waals surface area (Å²) in [6, 6.07) is 18.7. The van der Waals surface area contributed by atoms with E-state index in [1.165, 1.54) is 5.56 Å². The van der Waals surface area contributed by atoms with Crippen LogP contribution < -0.4 is 0 Å². The van der Waals surface area contributed by atoms with Crippen LogP contribution in [0.3, 0.4) is 0 Å². The predicted molar refractivity (Wildman–Crippen MR) is 104 cm³/mol. The summed E-state index contributed by atoms with van der Waals surface area (Å²) in [7, 11) is 0. The number of alkyl halides is 1. The highest BCUT2D eigenvalue weighted by molar-refractivity contribution is 5.84. The van der Waals surface area contributed by atoms with E-state index in [9.17, 15) is 9.18 Å². The Balaban J connectivity index is 1.37. The van der Waals surface area contributed by atoms with E-state index in [0.717, 1.165) is 37.1 Å². The normalized spacial score (nSPS) is 26.5. The molecule has 4 rings (SSSR count). The Morgan fingerprint density at radius 1 is 1.07 bits per heavy atom. The summed E-state index contributed by atoms with van der Waals surface area (Å²) in [5, 5.41) is 0. The number of likely N-dealkylation sites (tertiary alicyclic amines) is 2. The molecule has 3 atom stereocenters. The Hall–Kier alpha value is -2.20. The van der Waals surface area contributed by atoms with Crippen molar-refractivity contribution < 1.29 is 9.18 Å². The summed E-state index contributed by atoms with van der Waals surface area (Å²) in [6.07, 6.45) is 0.620. The average molecular weight is 365 g/mol. The third-order valence-electron chi connectivity index (χ3n) is 5.95. The molecule has 0 aromatic heterocycles. The molecule has 141 valence electrons. The Morgan fingerprint density at radius 2 is 1.81 bits per heavy atom. The van der Waals surface area contributed by atoms with Crippen molar-refractivity contribution in [3.05, 3.63) is 71.3 Å². The predicted octanol–water partition coefficient (Wildman–Crippen LogP) is 3.72. The number of piperidine rings is 1. The number of rotatable bonds is 4. The standard InChI is InChI=1S/C23H26FN2O/c1-17-7-9-18(10-8-17)15-26-14-12-22(23(26)27)25-13-11-20(21(24)16-25)19-5-3-2-4-6-19/h3-10,20-22H,11-16H2,1H3/t20?,21?,22-/m1/s1. The zero-order chi connectivity index (χ0) is 18.8. The van der Waals surface area contributed by atoms with Crippen molar-refractivity contribution in [3.8, 4) is 0 Å². The van der Waals surface area contributed by atoms with E-state index in [2.05, 4.69) is 42.2 Å². The topological polar surface area (TPSA) is 23.6 Å². The summed E-state index contributed by atoms with van der Waals surface area (Å²) in [6.45, 7) is 4.58. The Bertz CT molecular complexity index is 777. The number of hydrogen-bond donors (Lipinski definition) is 0. The zero-order valence-electron chi connectivity index (χ0n) is 15.8. The third-order valence-corrected chi connectivity index (χ3v) is 5.95. The minimum absolute atomic E-state index is 0.0731. The van der Waals surface area contributed by atoms with Crippen molar-refractivity contribution >= 4 is 5.91 Å². The third kappa shape index (κ3) is 3.91. The van der Waals surface area contributed by atoms with Gasteiger partial charge >= 0.3 is 0 Å². The molecular formula is C23H26FN2O. The van der Waals surface area contributed by atoms with Crippen LogP contribution in [-0.2, 0) is 11.3 Å². The van der Waals surface area contributed by atoms with Crippen molar-refractivity contribution in [3.63, 3.8) is 0 Å². The molecule has 27 heavy (non-hydrogen) atoms. The van der Waals surface area contributed by atoms with E-state index in [1.54, 1.807) is 0 Å². The largest absolute Gasteiger partial charge is 0.337 e. The van der Waals surface area contributed by atoms with E-state index in [0.29, 0.717) is 13.1 Å². The van der Waals surface area contributed by atoms with E-state index >= 15 is 0 Å². The van der Waals surface area contributed by atoms with Crippen LogP contribution in [0.15, 0.2) is 48.5 Å². The fraction of sp³-hybridized carbons (Fsp3) is 0.435. The number of halogens is 1. The van der Waals surface area contributed by atoms with E-state index in [-0.39, 0.29) is 17.9 Å². The maximum Gasteiger partial charge on any atom is 0.240 e. The second-order valence-electron chi connectivity index (χ2n) is 7.79. The Morgan fingerprint density at radius 3 is 2.52 bits per heavy atom. The number of benzene rings is 2. The first-order chi connectivity index (χ1) is 13.1. The van der Waals surface area contributed by atoms with Crippen molar-refractivity contribution in [1.29, 1.82) is 0 Å². The van der Waals surface area contributed by atoms with Crippen LogP contribution in [-0.4, -0.2) is 47.6 Å². The molecule has 2 aliphatic heterocycles. The molecule has 0 bridgehead atoms. The van der Waals surface area contributed by atoms with Crippen molar-refractivity contribution in [1.82, 2.24) is 9.80 Å². The second kappa shape index (κ2) is 7.81. The van der Waals surface area contributed by atoms with Crippen molar-refractivity contribution in [2.45, 2.75) is 44.4 Å². The molecule has 1 radical (unpaired) electrons. The lowest BCUT2D eigenvalue weighted by Crippen LogP contribution is -2.49. The molecule has 2 aliphatic rings. The van der Waals surface area contributed by atoms with E-state index in [4.69, 9.17) is 0 Å². The van der Waals surface area contributed by atoms with Gasteiger partial charge in [-0.1, -0.05) is 54.1 Å². The number of nitrogens with zero attached hydrogens (tertiary/aromatic N) is 2. The molecule has 0 spiro atoms. The van der Waals surface area contributed by atoms with Gasteiger partial charge in [0.1, 0.15) is 6.17 Å². The van der Waals surface area contributed by atoms with Crippen LogP contribution >= 0.6 is 0 Å². The van der Waals surface area contributed by atoms with Crippen LogP contribution in [0.2, 0.25) is 0 Å². The molecule has 2 unspecified atom stereocenters. The minimum atomic E-state index is -0.930. The quantitative estimate of drug-likeness (QED) is 0.824. The Kier molecular flexibility index (Phi) is 5.26. The summed E-state index contributed by atoms with van der Waals surface area (Å²) in [5.41, 5.74) is 3.41. The van der Waals surface area contributed by atoms with E-state index < -0.39 is 6.17 Å². The summed E-state index contributed by atoms with van der Waals surface area (Å²) < 4.78 is 14.9. The number of carbonyl (C=O) groups excluding carboxylic acids is 1. The van der Waals surface area contributed by atoms with Gasteiger partial charge in [0.25, 0.3) is 0 Å². The van der Waals surface area contributed by atoms with Crippen molar-refractivity contribution in [2.75, 3.05) is 19.6 Å². The lowest BCUT2D eigenvalue weighted by molar-refractivity contribution is -0.133. The maximum atomic E-state index is 14.9. The molecule has 2 aromatic rings. The van der Waals surface area contributed by atoms with Gasteiger partial charge < -0.3 is 4.90 Å². The van der Waals surface area contributed by atoms with Crippen LogP contribution in [0.1, 0.15) is 35.4 Å². The van der Waals surface area contributed by atoms with E-state index in [1.807, 2.05) is 29.2 Å². The monoisotopic (exact) mass is 365 g/mol. The highest BCUT2D eigenvalue weighted by Gasteiger charge is 2.40.